The van der Waals surface area contributed by atoms with Crippen LogP contribution in [0.2, 0.25) is 0 Å². The quantitative estimate of drug-likeness (QED) is 0.785. The van der Waals surface area contributed by atoms with Crippen molar-refractivity contribution in [3.05, 3.63) is 53.0 Å². The average molecular weight is 305 g/mol. The van der Waals surface area contributed by atoms with Crippen molar-refractivity contribution in [3.8, 4) is 5.75 Å². The first-order valence-corrected chi connectivity index (χ1v) is 7.56. The van der Waals surface area contributed by atoms with Gasteiger partial charge >= 0.3 is 0 Å². The van der Waals surface area contributed by atoms with E-state index in [1.54, 1.807) is 30.5 Å². The highest BCUT2D eigenvalue weighted by Crippen LogP contribution is 2.22. The molecule has 0 aliphatic rings. The van der Waals surface area contributed by atoms with Gasteiger partial charge in [-0.25, -0.2) is 9.37 Å². The highest BCUT2D eigenvalue weighted by Gasteiger charge is 2.10. The third kappa shape index (κ3) is 2.91. The average Bonchev–Trinajstić information content (AvgIpc) is 3.05. The minimum atomic E-state index is -0.264. The van der Waals surface area contributed by atoms with E-state index in [0.29, 0.717) is 17.9 Å². The molecule has 0 amide bonds. The lowest BCUT2D eigenvalue weighted by atomic mass is 10.1. The van der Waals surface area contributed by atoms with Crippen molar-refractivity contribution >= 4 is 16.3 Å². The van der Waals surface area contributed by atoms with Crippen LogP contribution in [0.1, 0.15) is 24.2 Å². The Morgan fingerprint density at radius 1 is 1.48 bits per heavy atom. The normalized spacial score (nSPS) is 12.7. The van der Waals surface area contributed by atoms with Crippen molar-refractivity contribution in [3.63, 3.8) is 0 Å². The lowest BCUT2D eigenvalue weighted by molar-refractivity contribution is 0.300. The van der Waals surface area contributed by atoms with Crippen LogP contribution in [0.25, 0.3) is 4.96 Å². The van der Waals surface area contributed by atoms with Crippen molar-refractivity contribution < 1.29 is 9.13 Å². The van der Waals surface area contributed by atoms with Gasteiger partial charge in [-0.2, -0.15) is 0 Å². The van der Waals surface area contributed by atoms with Gasteiger partial charge in [-0.3, -0.25) is 4.40 Å². The molecule has 0 spiro atoms. The minimum Gasteiger partial charge on any atom is -0.487 e. The van der Waals surface area contributed by atoms with Crippen LogP contribution in [0, 0.1) is 5.82 Å². The molecule has 4 nitrogen and oxygen atoms in total. The summed E-state index contributed by atoms with van der Waals surface area (Å²) >= 11 is 1.57. The number of benzene rings is 1. The van der Waals surface area contributed by atoms with Crippen molar-refractivity contribution in [1.29, 1.82) is 0 Å². The molecular formula is C15H16FN3OS. The number of fused-ring (bicyclic) bond motifs is 1. The lowest BCUT2D eigenvalue weighted by Crippen LogP contribution is -2.13. The van der Waals surface area contributed by atoms with E-state index in [0.717, 1.165) is 10.7 Å². The number of ether oxygens (including phenoxy) is 1. The van der Waals surface area contributed by atoms with E-state index >= 15 is 0 Å². The monoisotopic (exact) mass is 305 g/mol. The molecule has 0 aliphatic carbocycles. The van der Waals surface area contributed by atoms with Gasteiger partial charge < -0.3 is 10.1 Å². The fourth-order valence-corrected chi connectivity index (χ4v) is 2.83. The van der Waals surface area contributed by atoms with E-state index in [1.807, 2.05) is 29.1 Å². The van der Waals surface area contributed by atoms with Gasteiger partial charge in [-0.1, -0.05) is 6.07 Å². The Bertz CT molecular complexity index is 724. The van der Waals surface area contributed by atoms with Gasteiger partial charge in [0.25, 0.3) is 0 Å². The van der Waals surface area contributed by atoms with Gasteiger partial charge in [0.15, 0.2) is 4.96 Å². The van der Waals surface area contributed by atoms with Crippen molar-refractivity contribution in [2.45, 2.75) is 19.6 Å². The summed E-state index contributed by atoms with van der Waals surface area (Å²) in [4.78, 5) is 5.35. The van der Waals surface area contributed by atoms with Crippen LogP contribution in [0.5, 0.6) is 5.75 Å². The molecule has 0 aliphatic heterocycles. The van der Waals surface area contributed by atoms with Crippen LogP contribution in [0.3, 0.4) is 0 Å². The van der Waals surface area contributed by atoms with Crippen molar-refractivity contribution in [1.82, 2.24) is 14.7 Å². The maximum atomic E-state index is 14.0. The fourth-order valence-electron chi connectivity index (χ4n) is 2.11. The number of thiazole rings is 1. The largest absolute Gasteiger partial charge is 0.487 e. The predicted octanol–water partition coefficient (Wildman–Crippen LogP) is 3.39. The third-order valence-electron chi connectivity index (χ3n) is 3.40. The standard InChI is InChI=1S/C15H16FN3OS/c1-10(17-2)13-4-3-12(7-14(13)16)20-9-11-8-19-5-6-21-15(19)18-11/h3-8,10,17H,9H2,1-2H3. The summed E-state index contributed by atoms with van der Waals surface area (Å²) in [5, 5.41) is 5.00. The van der Waals surface area contributed by atoms with Crippen LogP contribution < -0.4 is 10.1 Å². The van der Waals surface area contributed by atoms with Crippen LogP contribution in [0.15, 0.2) is 36.0 Å². The second-order valence-electron chi connectivity index (χ2n) is 4.81. The number of hydrogen-bond acceptors (Lipinski definition) is 4. The second-order valence-corrected chi connectivity index (χ2v) is 5.68. The fraction of sp³-hybridized carbons (Fsp3) is 0.267. The summed E-state index contributed by atoms with van der Waals surface area (Å²) in [7, 11) is 1.80. The number of imidazole rings is 1. The number of nitrogens with zero attached hydrogens (tertiary/aromatic N) is 2. The molecule has 3 aromatic rings. The zero-order valence-electron chi connectivity index (χ0n) is 11.8. The minimum absolute atomic E-state index is 0.0287. The molecule has 0 radical (unpaired) electrons. The molecule has 21 heavy (non-hydrogen) atoms. The van der Waals surface area contributed by atoms with Crippen LogP contribution in [0.4, 0.5) is 4.39 Å². The molecule has 0 saturated carbocycles. The summed E-state index contributed by atoms with van der Waals surface area (Å²) in [6, 6.07) is 4.92. The topological polar surface area (TPSA) is 38.6 Å². The molecule has 3 rings (SSSR count). The van der Waals surface area contributed by atoms with E-state index < -0.39 is 0 Å². The Balaban J connectivity index is 1.70. The maximum absolute atomic E-state index is 14.0. The molecule has 110 valence electrons. The summed E-state index contributed by atoms with van der Waals surface area (Å²) in [5.41, 5.74) is 1.46. The molecule has 1 N–H and O–H groups in total. The van der Waals surface area contributed by atoms with Gasteiger partial charge in [-0.05, 0) is 20.0 Å². The predicted molar refractivity (Wildman–Crippen MR) is 81.3 cm³/mol. The van der Waals surface area contributed by atoms with Gasteiger partial charge in [0.1, 0.15) is 18.2 Å². The Labute approximate surface area is 126 Å². The number of aromatic nitrogens is 2. The van der Waals surface area contributed by atoms with Crippen LogP contribution in [-0.2, 0) is 6.61 Å². The molecule has 6 heteroatoms. The highest BCUT2D eigenvalue weighted by molar-refractivity contribution is 7.15. The summed E-state index contributed by atoms with van der Waals surface area (Å²) in [6.07, 6.45) is 3.86. The van der Waals surface area contributed by atoms with Gasteiger partial charge in [0, 0.05) is 35.4 Å². The van der Waals surface area contributed by atoms with E-state index in [-0.39, 0.29) is 11.9 Å². The SMILES string of the molecule is CNC(C)c1ccc(OCc2cn3ccsc3n2)cc1F. The van der Waals surface area contributed by atoms with Crippen molar-refractivity contribution in [2.75, 3.05) is 7.05 Å². The number of nitrogens with one attached hydrogen (secondary N) is 1. The molecule has 0 saturated heterocycles. The maximum Gasteiger partial charge on any atom is 0.193 e. The van der Waals surface area contributed by atoms with Crippen LogP contribution >= 0.6 is 11.3 Å². The molecule has 1 aromatic carbocycles. The van der Waals surface area contributed by atoms with E-state index in [1.165, 1.54) is 6.07 Å². The zero-order valence-corrected chi connectivity index (χ0v) is 12.7. The third-order valence-corrected chi connectivity index (χ3v) is 4.17. The summed E-state index contributed by atoms with van der Waals surface area (Å²) in [5.74, 6) is 0.246. The Kier molecular flexibility index (Phi) is 3.90. The smallest absolute Gasteiger partial charge is 0.193 e. The Morgan fingerprint density at radius 2 is 2.33 bits per heavy atom. The van der Waals surface area contributed by atoms with Gasteiger partial charge in [0.05, 0.1) is 5.69 Å². The molecule has 2 aromatic heterocycles. The van der Waals surface area contributed by atoms with Crippen LogP contribution in [-0.4, -0.2) is 16.4 Å². The first-order chi connectivity index (χ1) is 10.2. The first kappa shape index (κ1) is 14.0. The van der Waals surface area contributed by atoms with E-state index in [9.17, 15) is 4.39 Å². The number of rotatable bonds is 5. The zero-order chi connectivity index (χ0) is 14.8. The summed E-state index contributed by atoms with van der Waals surface area (Å²) in [6.45, 7) is 2.24. The van der Waals surface area contributed by atoms with E-state index in [2.05, 4.69) is 10.3 Å². The summed E-state index contributed by atoms with van der Waals surface area (Å²) < 4.78 is 21.5. The lowest BCUT2D eigenvalue weighted by Gasteiger charge is -2.13. The number of halogens is 1. The van der Waals surface area contributed by atoms with Crippen molar-refractivity contribution in [2.24, 2.45) is 0 Å². The van der Waals surface area contributed by atoms with Gasteiger partial charge in [-0.15, -0.1) is 11.3 Å². The highest BCUT2D eigenvalue weighted by atomic mass is 32.1. The first-order valence-electron chi connectivity index (χ1n) is 6.68. The molecule has 1 atom stereocenters. The molecule has 1 unspecified atom stereocenters. The number of hydrogen-bond donors (Lipinski definition) is 1. The second kappa shape index (κ2) is 5.83. The molecule has 0 fully saturated rings. The Hall–Kier alpha value is -1.92. The van der Waals surface area contributed by atoms with Gasteiger partial charge in [0.2, 0.25) is 0 Å². The molecule has 2 heterocycles. The molecular weight excluding hydrogens is 289 g/mol. The Morgan fingerprint density at radius 3 is 3.05 bits per heavy atom. The van der Waals surface area contributed by atoms with E-state index in [4.69, 9.17) is 4.74 Å². The molecule has 0 bridgehead atoms.